The van der Waals surface area contributed by atoms with Crippen molar-refractivity contribution in [2.45, 2.75) is 13.3 Å². The summed E-state index contributed by atoms with van der Waals surface area (Å²) < 4.78 is 10.6. The largest absolute Gasteiger partial charge is 0.454 e. The van der Waals surface area contributed by atoms with E-state index in [1.54, 1.807) is 29.5 Å². The van der Waals surface area contributed by atoms with Crippen molar-refractivity contribution in [3.05, 3.63) is 63.6 Å². The molecular formula is C20H17ClN2O3S. The second-order valence-corrected chi connectivity index (χ2v) is 7.63. The molecule has 27 heavy (non-hydrogen) atoms. The Bertz CT molecular complexity index is 985. The molecule has 0 radical (unpaired) electrons. The van der Waals surface area contributed by atoms with E-state index in [4.69, 9.17) is 21.1 Å². The molecule has 2 heterocycles. The maximum absolute atomic E-state index is 12.3. The van der Waals surface area contributed by atoms with Crippen LogP contribution >= 0.6 is 22.9 Å². The molecule has 2 aromatic carbocycles. The smallest absolute Gasteiger partial charge is 0.251 e. The Morgan fingerprint density at radius 3 is 2.78 bits per heavy atom. The lowest BCUT2D eigenvalue weighted by molar-refractivity contribution is 0.0953. The van der Waals surface area contributed by atoms with Gasteiger partial charge in [0.1, 0.15) is 5.01 Å². The molecule has 0 bridgehead atoms. The van der Waals surface area contributed by atoms with Crippen molar-refractivity contribution in [3.8, 4) is 22.1 Å². The minimum absolute atomic E-state index is 0.131. The van der Waals surface area contributed by atoms with Crippen molar-refractivity contribution in [2.75, 3.05) is 13.3 Å². The van der Waals surface area contributed by atoms with E-state index in [9.17, 15) is 4.79 Å². The molecule has 0 fully saturated rings. The molecule has 0 unspecified atom stereocenters. The minimum Gasteiger partial charge on any atom is -0.454 e. The van der Waals surface area contributed by atoms with Gasteiger partial charge in [-0.2, -0.15) is 0 Å². The summed E-state index contributed by atoms with van der Waals surface area (Å²) in [6.07, 6.45) is 0.730. The molecule has 0 aliphatic carbocycles. The Morgan fingerprint density at radius 1 is 1.19 bits per heavy atom. The number of rotatable bonds is 5. The van der Waals surface area contributed by atoms with Crippen LogP contribution in [-0.4, -0.2) is 24.2 Å². The standard InChI is InChI=1S/C20H17ClN2O3S/c1-12-18(27-20(23-12)13-2-5-15(21)6-3-13)8-9-22-19(24)14-4-7-16-17(10-14)26-11-25-16/h2-7,10H,8-9,11H2,1H3,(H,22,24). The number of aryl methyl sites for hydroxylation is 1. The molecule has 0 atom stereocenters. The number of hydrogen-bond donors (Lipinski definition) is 1. The zero-order valence-corrected chi connectivity index (χ0v) is 16.2. The first-order chi connectivity index (χ1) is 13.1. The van der Waals surface area contributed by atoms with Crippen LogP contribution in [0.25, 0.3) is 10.6 Å². The Labute approximate surface area is 165 Å². The third kappa shape index (κ3) is 3.91. The van der Waals surface area contributed by atoms with Crippen LogP contribution in [0.4, 0.5) is 0 Å². The first-order valence-corrected chi connectivity index (χ1v) is 9.70. The third-order valence-corrected chi connectivity index (χ3v) is 5.77. The van der Waals surface area contributed by atoms with E-state index in [2.05, 4.69) is 10.3 Å². The molecular weight excluding hydrogens is 384 g/mol. The number of carbonyl (C=O) groups excluding carboxylic acids is 1. The zero-order valence-electron chi connectivity index (χ0n) is 14.6. The molecule has 1 aromatic heterocycles. The molecule has 0 spiro atoms. The number of nitrogens with zero attached hydrogens (tertiary/aromatic N) is 1. The second-order valence-electron chi connectivity index (χ2n) is 6.11. The maximum Gasteiger partial charge on any atom is 0.251 e. The van der Waals surface area contributed by atoms with Gasteiger partial charge in [-0.25, -0.2) is 4.98 Å². The van der Waals surface area contributed by atoms with Crippen LogP contribution in [0.2, 0.25) is 5.02 Å². The third-order valence-electron chi connectivity index (χ3n) is 4.26. The highest BCUT2D eigenvalue weighted by molar-refractivity contribution is 7.15. The van der Waals surface area contributed by atoms with Crippen LogP contribution in [0, 0.1) is 6.92 Å². The van der Waals surface area contributed by atoms with Gasteiger partial charge >= 0.3 is 0 Å². The number of benzene rings is 2. The van der Waals surface area contributed by atoms with E-state index in [1.165, 1.54) is 0 Å². The summed E-state index contributed by atoms with van der Waals surface area (Å²) in [6, 6.07) is 12.8. The Kier molecular flexibility index (Phi) is 5.01. The molecule has 4 rings (SSSR count). The highest BCUT2D eigenvalue weighted by Gasteiger charge is 2.16. The van der Waals surface area contributed by atoms with Crippen molar-refractivity contribution >= 4 is 28.8 Å². The molecule has 5 nitrogen and oxygen atoms in total. The number of halogens is 1. The lowest BCUT2D eigenvalue weighted by Gasteiger charge is -2.05. The number of aromatic nitrogens is 1. The predicted octanol–water partition coefficient (Wildman–Crippen LogP) is 4.47. The molecule has 1 N–H and O–H groups in total. The van der Waals surface area contributed by atoms with Crippen LogP contribution in [-0.2, 0) is 6.42 Å². The van der Waals surface area contributed by atoms with E-state index in [0.29, 0.717) is 28.6 Å². The van der Waals surface area contributed by atoms with Crippen molar-refractivity contribution in [1.82, 2.24) is 10.3 Å². The summed E-state index contributed by atoms with van der Waals surface area (Å²) in [5, 5.41) is 4.61. The fourth-order valence-corrected chi connectivity index (χ4v) is 4.00. The molecule has 1 aliphatic rings. The highest BCUT2D eigenvalue weighted by Crippen LogP contribution is 2.32. The first-order valence-electron chi connectivity index (χ1n) is 8.50. The number of hydrogen-bond acceptors (Lipinski definition) is 5. The Hall–Kier alpha value is -2.57. The monoisotopic (exact) mass is 400 g/mol. The van der Waals surface area contributed by atoms with Crippen molar-refractivity contribution in [2.24, 2.45) is 0 Å². The van der Waals surface area contributed by atoms with Gasteiger partial charge in [-0.1, -0.05) is 23.7 Å². The molecule has 3 aromatic rings. The number of carbonyl (C=O) groups is 1. The van der Waals surface area contributed by atoms with E-state index >= 15 is 0 Å². The van der Waals surface area contributed by atoms with Gasteiger partial charge < -0.3 is 14.8 Å². The van der Waals surface area contributed by atoms with Crippen molar-refractivity contribution in [3.63, 3.8) is 0 Å². The van der Waals surface area contributed by atoms with Crippen LogP contribution < -0.4 is 14.8 Å². The first kappa shape index (κ1) is 17.8. The number of amides is 1. The molecule has 1 aliphatic heterocycles. The maximum atomic E-state index is 12.3. The van der Waals surface area contributed by atoms with E-state index in [0.717, 1.165) is 27.6 Å². The summed E-state index contributed by atoms with van der Waals surface area (Å²) in [6.45, 7) is 2.72. The number of fused-ring (bicyclic) bond motifs is 1. The quantitative estimate of drug-likeness (QED) is 0.686. The van der Waals surface area contributed by atoms with Gasteiger partial charge in [-0.15, -0.1) is 11.3 Å². The van der Waals surface area contributed by atoms with Gasteiger partial charge in [0.15, 0.2) is 11.5 Å². The fraction of sp³-hybridized carbons (Fsp3) is 0.200. The summed E-state index contributed by atoms with van der Waals surface area (Å²) in [5.74, 6) is 1.14. The summed E-state index contributed by atoms with van der Waals surface area (Å²) in [7, 11) is 0. The zero-order chi connectivity index (χ0) is 18.8. The number of nitrogens with one attached hydrogen (secondary N) is 1. The summed E-state index contributed by atoms with van der Waals surface area (Å²) in [4.78, 5) is 18.1. The Morgan fingerprint density at radius 2 is 1.96 bits per heavy atom. The highest BCUT2D eigenvalue weighted by atomic mass is 35.5. The topological polar surface area (TPSA) is 60.5 Å². The minimum atomic E-state index is -0.131. The van der Waals surface area contributed by atoms with Gasteiger partial charge in [-0.3, -0.25) is 4.79 Å². The van der Waals surface area contributed by atoms with Crippen LogP contribution in [0.1, 0.15) is 20.9 Å². The van der Waals surface area contributed by atoms with Crippen LogP contribution in [0.15, 0.2) is 42.5 Å². The van der Waals surface area contributed by atoms with E-state index in [-0.39, 0.29) is 12.7 Å². The predicted molar refractivity (Wildman–Crippen MR) is 106 cm³/mol. The SMILES string of the molecule is Cc1nc(-c2ccc(Cl)cc2)sc1CCNC(=O)c1ccc2c(c1)OCO2. The van der Waals surface area contributed by atoms with Gasteiger partial charge in [0.2, 0.25) is 6.79 Å². The number of ether oxygens (including phenoxy) is 2. The van der Waals surface area contributed by atoms with E-state index < -0.39 is 0 Å². The molecule has 138 valence electrons. The molecule has 1 amide bonds. The molecule has 0 saturated heterocycles. The lowest BCUT2D eigenvalue weighted by Crippen LogP contribution is -2.25. The lowest BCUT2D eigenvalue weighted by atomic mass is 10.2. The van der Waals surface area contributed by atoms with Crippen LogP contribution in [0.3, 0.4) is 0 Å². The van der Waals surface area contributed by atoms with Gasteiger partial charge in [0.05, 0.1) is 5.69 Å². The van der Waals surface area contributed by atoms with Crippen molar-refractivity contribution in [1.29, 1.82) is 0 Å². The van der Waals surface area contributed by atoms with Crippen LogP contribution in [0.5, 0.6) is 11.5 Å². The normalized spacial score (nSPS) is 12.2. The van der Waals surface area contributed by atoms with Crippen molar-refractivity contribution < 1.29 is 14.3 Å². The molecule has 0 saturated carbocycles. The Balaban J connectivity index is 1.37. The number of thiazole rings is 1. The molecule has 7 heteroatoms. The summed E-state index contributed by atoms with van der Waals surface area (Å²) in [5.41, 5.74) is 2.59. The second kappa shape index (κ2) is 7.58. The van der Waals surface area contributed by atoms with Gasteiger partial charge in [0, 0.05) is 34.0 Å². The fourth-order valence-electron chi connectivity index (χ4n) is 2.81. The van der Waals surface area contributed by atoms with Gasteiger partial charge in [-0.05, 0) is 37.3 Å². The average Bonchev–Trinajstić information content (AvgIpc) is 3.28. The van der Waals surface area contributed by atoms with E-state index in [1.807, 2.05) is 31.2 Å². The average molecular weight is 401 g/mol. The van der Waals surface area contributed by atoms with Gasteiger partial charge in [0.25, 0.3) is 5.91 Å². The summed E-state index contributed by atoms with van der Waals surface area (Å²) >= 11 is 7.58.